The first-order valence-electron chi connectivity index (χ1n) is 17.1. The van der Waals surface area contributed by atoms with Gasteiger partial charge in [0.25, 0.3) is 17.4 Å². The number of imide groups is 1. The van der Waals surface area contributed by atoms with Gasteiger partial charge in [0.15, 0.2) is 0 Å². The van der Waals surface area contributed by atoms with Crippen LogP contribution in [0.5, 0.6) is 0 Å². The summed E-state index contributed by atoms with van der Waals surface area (Å²) in [6, 6.07) is 4.59. The van der Waals surface area contributed by atoms with Crippen LogP contribution in [0, 0.1) is 11.8 Å². The summed E-state index contributed by atoms with van der Waals surface area (Å²) in [6.07, 6.45) is 6.78. The first-order valence-corrected chi connectivity index (χ1v) is 17.1. The standard InChI is InChI=1S/C33H41N11O5/c34-29(46)23-18-35-33(36-19-23)43-15-13-40(14-16-43)20-21-5-9-42(10-6-21)31(48)22-7-11-41(12-8-22)24-1-2-26-25(17-24)32(49)44(39-38-26)27-3-4-28(45)37-30(27)47/h1-2,17-19,21-22,27H,3-16,20H2,(H2,34,46)(H,37,45,47). The molecule has 7 rings (SSSR count). The minimum Gasteiger partial charge on any atom is -0.371 e. The second-order valence-corrected chi connectivity index (χ2v) is 13.5. The zero-order valence-electron chi connectivity index (χ0n) is 27.4. The molecule has 4 aliphatic heterocycles. The minimum atomic E-state index is -0.870. The number of primary amides is 1. The number of anilines is 2. The molecule has 6 heterocycles. The van der Waals surface area contributed by atoms with Crippen LogP contribution in [0.25, 0.3) is 10.9 Å². The molecule has 3 aromatic rings. The van der Waals surface area contributed by atoms with Crippen LogP contribution in [0.15, 0.2) is 35.4 Å². The molecule has 16 heteroatoms. The molecule has 4 fully saturated rings. The smallest absolute Gasteiger partial charge is 0.278 e. The van der Waals surface area contributed by atoms with Gasteiger partial charge >= 0.3 is 0 Å². The number of nitrogens with two attached hydrogens (primary N) is 1. The molecule has 0 saturated carbocycles. The topological polar surface area (TPSA) is 193 Å². The van der Waals surface area contributed by atoms with Crippen LogP contribution in [0.1, 0.15) is 54.9 Å². The fourth-order valence-corrected chi connectivity index (χ4v) is 7.45. The van der Waals surface area contributed by atoms with Gasteiger partial charge < -0.3 is 20.4 Å². The molecular formula is C33H41N11O5. The Labute approximate surface area is 282 Å². The van der Waals surface area contributed by atoms with Gasteiger partial charge in [0.1, 0.15) is 11.6 Å². The number of piperazine rings is 1. The van der Waals surface area contributed by atoms with Crippen molar-refractivity contribution in [1.82, 2.24) is 40.1 Å². The number of nitrogens with one attached hydrogen (secondary N) is 1. The number of fused-ring (bicyclic) bond motifs is 1. The molecule has 1 aromatic carbocycles. The van der Waals surface area contributed by atoms with E-state index in [1.54, 1.807) is 12.1 Å². The summed E-state index contributed by atoms with van der Waals surface area (Å²) in [6.45, 7) is 7.46. The van der Waals surface area contributed by atoms with E-state index in [-0.39, 0.29) is 30.6 Å². The average molecular weight is 672 g/mol. The summed E-state index contributed by atoms with van der Waals surface area (Å²) in [5, 5.41) is 10.8. The number of benzene rings is 1. The van der Waals surface area contributed by atoms with Crippen LogP contribution in [0.2, 0.25) is 0 Å². The molecule has 258 valence electrons. The number of carbonyl (C=O) groups excluding carboxylic acids is 4. The maximum Gasteiger partial charge on any atom is 0.278 e. The molecule has 0 radical (unpaired) electrons. The van der Waals surface area contributed by atoms with Crippen LogP contribution in [-0.2, 0) is 14.4 Å². The van der Waals surface area contributed by atoms with E-state index in [0.29, 0.717) is 41.4 Å². The Bertz CT molecular complexity index is 1790. The molecule has 0 bridgehead atoms. The predicted molar refractivity (Wildman–Crippen MR) is 179 cm³/mol. The van der Waals surface area contributed by atoms with E-state index in [1.165, 1.54) is 12.4 Å². The van der Waals surface area contributed by atoms with Gasteiger partial charge in [-0.15, -0.1) is 5.10 Å². The molecule has 49 heavy (non-hydrogen) atoms. The van der Waals surface area contributed by atoms with Gasteiger partial charge in [-0.1, -0.05) is 5.21 Å². The van der Waals surface area contributed by atoms with Crippen LogP contribution < -0.4 is 26.4 Å². The van der Waals surface area contributed by atoms with Gasteiger partial charge in [-0.05, 0) is 56.2 Å². The number of hydrogen-bond donors (Lipinski definition) is 2. The summed E-state index contributed by atoms with van der Waals surface area (Å²) in [5.41, 5.74) is 6.49. The lowest BCUT2D eigenvalue weighted by atomic mass is 9.91. The van der Waals surface area contributed by atoms with Crippen molar-refractivity contribution in [2.75, 3.05) is 68.7 Å². The molecule has 4 saturated heterocycles. The van der Waals surface area contributed by atoms with E-state index in [1.807, 2.05) is 11.0 Å². The molecule has 1 unspecified atom stereocenters. The lowest BCUT2D eigenvalue weighted by Crippen LogP contribution is -2.50. The fourth-order valence-electron chi connectivity index (χ4n) is 7.45. The number of aromatic nitrogens is 5. The van der Waals surface area contributed by atoms with Crippen molar-refractivity contribution in [1.29, 1.82) is 0 Å². The van der Waals surface area contributed by atoms with Crippen molar-refractivity contribution < 1.29 is 19.2 Å². The largest absolute Gasteiger partial charge is 0.371 e. The lowest BCUT2D eigenvalue weighted by molar-refractivity contribution is -0.138. The number of hydrogen-bond acceptors (Lipinski definition) is 12. The van der Waals surface area contributed by atoms with Gasteiger partial charge in [0, 0.05) is 89.3 Å². The highest BCUT2D eigenvalue weighted by Gasteiger charge is 2.33. The third-order valence-electron chi connectivity index (χ3n) is 10.4. The number of likely N-dealkylation sites (tertiary alicyclic amines) is 1. The quantitative estimate of drug-likeness (QED) is 0.319. The van der Waals surface area contributed by atoms with Gasteiger partial charge in [-0.25, -0.2) is 9.97 Å². The molecule has 0 spiro atoms. The fraction of sp³-hybridized carbons (Fsp3) is 0.545. The minimum absolute atomic E-state index is 0.0174. The molecule has 1 atom stereocenters. The van der Waals surface area contributed by atoms with Crippen molar-refractivity contribution >= 4 is 46.2 Å². The van der Waals surface area contributed by atoms with E-state index in [9.17, 15) is 24.0 Å². The third kappa shape index (κ3) is 6.95. The van der Waals surface area contributed by atoms with Crippen LogP contribution >= 0.6 is 0 Å². The second-order valence-electron chi connectivity index (χ2n) is 13.5. The zero-order valence-corrected chi connectivity index (χ0v) is 27.4. The Morgan fingerprint density at radius 2 is 1.57 bits per heavy atom. The van der Waals surface area contributed by atoms with E-state index < -0.39 is 23.4 Å². The Balaban J connectivity index is 0.875. The lowest BCUT2D eigenvalue weighted by Gasteiger charge is -2.40. The summed E-state index contributed by atoms with van der Waals surface area (Å²) >= 11 is 0. The van der Waals surface area contributed by atoms with Crippen molar-refractivity contribution in [2.45, 2.75) is 44.6 Å². The highest BCUT2D eigenvalue weighted by molar-refractivity contribution is 5.99. The second kappa shape index (κ2) is 13.9. The highest BCUT2D eigenvalue weighted by atomic mass is 16.2. The first-order chi connectivity index (χ1) is 23.7. The van der Waals surface area contributed by atoms with Crippen molar-refractivity contribution in [3.63, 3.8) is 0 Å². The van der Waals surface area contributed by atoms with Crippen LogP contribution in [0.4, 0.5) is 11.6 Å². The molecule has 0 aliphatic carbocycles. The average Bonchev–Trinajstić information content (AvgIpc) is 3.12. The first kappa shape index (κ1) is 32.6. The summed E-state index contributed by atoms with van der Waals surface area (Å²) < 4.78 is 1.08. The van der Waals surface area contributed by atoms with E-state index in [4.69, 9.17) is 5.73 Å². The van der Waals surface area contributed by atoms with Gasteiger partial charge in [-0.2, -0.15) is 4.68 Å². The molecule has 3 N–H and O–H groups in total. The van der Waals surface area contributed by atoms with Crippen molar-refractivity contribution in [3.05, 3.63) is 46.5 Å². The molecule has 4 aliphatic rings. The number of carbonyl (C=O) groups is 4. The van der Waals surface area contributed by atoms with Crippen molar-refractivity contribution in [3.8, 4) is 0 Å². The SMILES string of the molecule is NC(=O)c1cnc(N2CCN(CC3CCN(C(=O)C4CCN(c5ccc6nnn(C7CCC(=O)NC7=O)c(=O)c6c5)CC4)CC3)CC2)nc1. The Morgan fingerprint density at radius 1 is 0.857 bits per heavy atom. The molecule has 4 amide bonds. The number of rotatable bonds is 7. The summed E-state index contributed by atoms with van der Waals surface area (Å²) in [5.74, 6) is -0.0360. The number of amides is 4. The Kier molecular flexibility index (Phi) is 9.21. The maximum absolute atomic E-state index is 13.5. The monoisotopic (exact) mass is 671 g/mol. The zero-order chi connectivity index (χ0) is 34.1. The molecule has 16 nitrogen and oxygen atoms in total. The predicted octanol–water partition coefficient (Wildman–Crippen LogP) is -0.0647. The van der Waals surface area contributed by atoms with Crippen LogP contribution in [0.3, 0.4) is 0 Å². The Morgan fingerprint density at radius 3 is 2.24 bits per heavy atom. The van der Waals surface area contributed by atoms with Gasteiger partial charge in [-0.3, -0.25) is 34.2 Å². The Hall–Kier alpha value is -4.99. The summed E-state index contributed by atoms with van der Waals surface area (Å²) in [4.78, 5) is 79.5. The maximum atomic E-state index is 13.5. The van der Waals surface area contributed by atoms with E-state index >= 15 is 0 Å². The number of piperidine rings is 3. The van der Waals surface area contributed by atoms with Crippen molar-refractivity contribution in [2.24, 2.45) is 17.6 Å². The highest BCUT2D eigenvalue weighted by Crippen LogP contribution is 2.28. The van der Waals surface area contributed by atoms with E-state index in [0.717, 1.165) is 81.9 Å². The summed E-state index contributed by atoms with van der Waals surface area (Å²) in [7, 11) is 0. The third-order valence-corrected chi connectivity index (χ3v) is 10.4. The molecule has 2 aromatic heterocycles. The van der Waals surface area contributed by atoms with Gasteiger partial charge in [0.05, 0.1) is 10.9 Å². The number of nitrogens with zero attached hydrogens (tertiary/aromatic N) is 9. The normalized spacial score (nSPS) is 21.6. The van der Waals surface area contributed by atoms with Gasteiger partial charge in [0.2, 0.25) is 17.8 Å². The van der Waals surface area contributed by atoms with Crippen LogP contribution in [-0.4, -0.2) is 117 Å². The van der Waals surface area contributed by atoms with E-state index in [2.05, 4.69) is 40.3 Å². The molecular weight excluding hydrogens is 630 g/mol.